The predicted octanol–water partition coefficient (Wildman–Crippen LogP) is 2.99. The summed E-state index contributed by atoms with van der Waals surface area (Å²) in [4.78, 5) is 31.8. The number of aromatic nitrogens is 2. The molecule has 4 heterocycles. The van der Waals surface area contributed by atoms with E-state index >= 15 is 0 Å². The molecule has 1 aromatic carbocycles. The summed E-state index contributed by atoms with van der Waals surface area (Å²) in [5.41, 5.74) is 1.95. The van der Waals surface area contributed by atoms with Crippen LogP contribution < -0.4 is 25.6 Å². The summed E-state index contributed by atoms with van der Waals surface area (Å²) in [7, 11) is 0. The molecule has 2 aliphatic rings. The molecule has 5 rings (SSSR count). The molecule has 184 valence electrons. The maximum Gasteiger partial charge on any atom is 0.387 e. The fourth-order valence-electron chi connectivity index (χ4n) is 4.62. The first-order chi connectivity index (χ1) is 16.8. The van der Waals surface area contributed by atoms with Gasteiger partial charge >= 0.3 is 6.61 Å². The van der Waals surface area contributed by atoms with Crippen LogP contribution in [0, 0.1) is 0 Å². The van der Waals surface area contributed by atoms with E-state index in [0.29, 0.717) is 17.9 Å². The number of nitrogens with zero attached hydrogens (tertiary/aromatic N) is 3. The standard InChI is InChI=1S/C24H26F2N6O3/c1-13-12-31(8-7-27-13)16-4-6-17(20(10-16)35-24(25)26)30-22(33)18-5-3-15-9-19-23(34)28-11-14(2)32(19)21(15)29-18/h3-6,9-10,13-14,24,27H,7-8,11-12H2,1-2H3,(H,28,34)(H,30,33)/t13-,14+/m0/s1. The van der Waals surface area contributed by atoms with Crippen LogP contribution in [0.25, 0.3) is 11.0 Å². The third-order valence-electron chi connectivity index (χ3n) is 6.31. The van der Waals surface area contributed by atoms with Gasteiger partial charge in [0.05, 0.1) is 11.7 Å². The number of amides is 2. The summed E-state index contributed by atoms with van der Waals surface area (Å²) in [6.07, 6.45) is 0. The Morgan fingerprint density at radius 3 is 2.83 bits per heavy atom. The zero-order valence-electron chi connectivity index (χ0n) is 19.3. The van der Waals surface area contributed by atoms with Crippen molar-refractivity contribution in [2.75, 3.05) is 36.4 Å². The second-order valence-electron chi connectivity index (χ2n) is 8.88. The largest absolute Gasteiger partial charge is 0.433 e. The van der Waals surface area contributed by atoms with E-state index in [2.05, 4.69) is 32.8 Å². The molecule has 35 heavy (non-hydrogen) atoms. The molecular weight excluding hydrogens is 458 g/mol. The molecule has 2 amide bonds. The first-order valence-corrected chi connectivity index (χ1v) is 11.5. The molecule has 3 N–H and O–H groups in total. The summed E-state index contributed by atoms with van der Waals surface area (Å²) in [6.45, 7) is 3.65. The van der Waals surface area contributed by atoms with Crippen LogP contribution in [0.5, 0.6) is 5.75 Å². The van der Waals surface area contributed by atoms with Crippen LogP contribution in [0.15, 0.2) is 36.4 Å². The molecular formula is C24H26F2N6O3. The first kappa shape index (κ1) is 23.0. The molecule has 0 spiro atoms. The van der Waals surface area contributed by atoms with E-state index in [1.165, 1.54) is 12.1 Å². The Kier molecular flexibility index (Phi) is 6.01. The highest BCUT2D eigenvalue weighted by Gasteiger charge is 2.26. The van der Waals surface area contributed by atoms with Crippen molar-refractivity contribution in [3.8, 4) is 5.75 Å². The minimum atomic E-state index is -3.04. The van der Waals surface area contributed by atoms with Crippen molar-refractivity contribution < 1.29 is 23.1 Å². The summed E-state index contributed by atoms with van der Waals surface area (Å²) >= 11 is 0. The summed E-state index contributed by atoms with van der Waals surface area (Å²) in [5.74, 6) is -0.888. The van der Waals surface area contributed by atoms with Gasteiger partial charge in [-0.2, -0.15) is 8.78 Å². The maximum atomic E-state index is 13.2. The monoisotopic (exact) mass is 484 g/mol. The zero-order chi connectivity index (χ0) is 24.7. The molecule has 0 radical (unpaired) electrons. The highest BCUT2D eigenvalue weighted by Crippen LogP contribution is 2.32. The van der Waals surface area contributed by atoms with E-state index in [-0.39, 0.29) is 35.1 Å². The van der Waals surface area contributed by atoms with E-state index in [9.17, 15) is 18.4 Å². The number of benzene rings is 1. The van der Waals surface area contributed by atoms with Crippen LogP contribution >= 0.6 is 0 Å². The lowest BCUT2D eigenvalue weighted by Crippen LogP contribution is -2.49. The van der Waals surface area contributed by atoms with Crippen LogP contribution in [0.2, 0.25) is 0 Å². The van der Waals surface area contributed by atoms with Gasteiger partial charge in [0.15, 0.2) is 5.75 Å². The van der Waals surface area contributed by atoms with E-state index < -0.39 is 12.5 Å². The number of carbonyl (C=O) groups excluding carboxylic acids is 2. The van der Waals surface area contributed by atoms with E-state index in [1.54, 1.807) is 28.8 Å². The lowest BCUT2D eigenvalue weighted by atomic mass is 10.1. The zero-order valence-corrected chi connectivity index (χ0v) is 19.3. The summed E-state index contributed by atoms with van der Waals surface area (Å²) in [6, 6.07) is 10.1. The molecule has 2 aromatic heterocycles. The average molecular weight is 485 g/mol. The van der Waals surface area contributed by atoms with Crippen LogP contribution in [0.4, 0.5) is 20.2 Å². The Morgan fingerprint density at radius 2 is 2.06 bits per heavy atom. The number of halogens is 2. The molecule has 9 nitrogen and oxygen atoms in total. The van der Waals surface area contributed by atoms with Gasteiger partial charge < -0.3 is 30.2 Å². The van der Waals surface area contributed by atoms with Crippen molar-refractivity contribution in [1.82, 2.24) is 20.2 Å². The van der Waals surface area contributed by atoms with Gasteiger partial charge in [-0.3, -0.25) is 9.59 Å². The number of pyridine rings is 1. The van der Waals surface area contributed by atoms with Gasteiger partial charge in [0.25, 0.3) is 11.8 Å². The second kappa shape index (κ2) is 9.14. The lowest BCUT2D eigenvalue weighted by Gasteiger charge is -2.34. The van der Waals surface area contributed by atoms with Crippen LogP contribution in [0.3, 0.4) is 0 Å². The fraction of sp³-hybridized carbons (Fsp3) is 0.375. The minimum Gasteiger partial charge on any atom is -0.433 e. The number of anilines is 2. The number of alkyl halides is 2. The summed E-state index contributed by atoms with van der Waals surface area (Å²) in [5, 5.41) is 9.54. The quantitative estimate of drug-likeness (QED) is 0.515. The third kappa shape index (κ3) is 4.51. The van der Waals surface area contributed by atoms with E-state index in [1.807, 2.05) is 6.92 Å². The van der Waals surface area contributed by atoms with Gasteiger partial charge in [-0.1, -0.05) is 0 Å². The predicted molar refractivity (Wildman–Crippen MR) is 127 cm³/mol. The fourth-order valence-corrected chi connectivity index (χ4v) is 4.62. The number of fused-ring (bicyclic) bond motifs is 3. The van der Waals surface area contributed by atoms with Gasteiger partial charge in [-0.15, -0.1) is 0 Å². The highest BCUT2D eigenvalue weighted by atomic mass is 19.3. The van der Waals surface area contributed by atoms with Crippen molar-refractivity contribution in [1.29, 1.82) is 0 Å². The Labute approximate surface area is 200 Å². The van der Waals surface area contributed by atoms with E-state index in [0.717, 1.165) is 30.7 Å². The lowest BCUT2D eigenvalue weighted by molar-refractivity contribution is -0.0493. The Morgan fingerprint density at radius 1 is 1.23 bits per heavy atom. The normalized spacial score (nSPS) is 20.0. The minimum absolute atomic E-state index is 0.0303. The Hall–Kier alpha value is -3.73. The average Bonchev–Trinajstić information content (AvgIpc) is 3.22. The van der Waals surface area contributed by atoms with Gasteiger partial charge in [0.1, 0.15) is 17.0 Å². The maximum absolute atomic E-state index is 13.2. The molecule has 11 heteroatoms. The number of piperazine rings is 1. The highest BCUT2D eigenvalue weighted by molar-refractivity contribution is 6.05. The SMILES string of the molecule is C[C@@H]1CNC(=O)c2cc3ccc(C(=O)Nc4ccc(N5CCN[C@@H](C)C5)cc4OC(F)F)nc3n21. The van der Waals surface area contributed by atoms with Gasteiger partial charge in [-0.25, -0.2) is 4.98 Å². The van der Waals surface area contributed by atoms with Gasteiger partial charge in [0.2, 0.25) is 0 Å². The number of hydrogen-bond acceptors (Lipinski definition) is 6. The topological polar surface area (TPSA) is 101 Å². The molecule has 3 aromatic rings. The summed E-state index contributed by atoms with van der Waals surface area (Å²) < 4.78 is 32.9. The van der Waals surface area contributed by atoms with Crippen LogP contribution in [0.1, 0.15) is 40.9 Å². The molecule has 0 saturated carbocycles. The first-order valence-electron chi connectivity index (χ1n) is 11.5. The van der Waals surface area contributed by atoms with Crippen LogP contribution in [-0.4, -0.2) is 60.2 Å². The van der Waals surface area contributed by atoms with Crippen molar-refractivity contribution in [3.63, 3.8) is 0 Å². The number of hydrogen-bond donors (Lipinski definition) is 3. The molecule has 1 fully saturated rings. The molecule has 1 saturated heterocycles. The second-order valence-corrected chi connectivity index (χ2v) is 8.88. The van der Waals surface area contributed by atoms with Crippen molar-refractivity contribution >= 4 is 34.2 Å². The molecule has 2 atom stereocenters. The molecule has 0 unspecified atom stereocenters. The van der Waals surface area contributed by atoms with Crippen LogP contribution in [-0.2, 0) is 0 Å². The number of carbonyl (C=O) groups is 2. The van der Waals surface area contributed by atoms with E-state index in [4.69, 9.17) is 4.74 Å². The molecule has 0 aliphatic carbocycles. The van der Waals surface area contributed by atoms with Crippen molar-refractivity contribution in [3.05, 3.63) is 47.8 Å². The molecule has 2 aliphatic heterocycles. The Balaban J connectivity index is 1.43. The number of ether oxygens (including phenoxy) is 1. The van der Waals surface area contributed by atoms with Crippen molar-refractivity contribution in [2.24, 2.45) is 0 Å². The smallest absolute Gasteiger partial charge is 0.387 e. The van der Waals surface area contributed by atoms with Gasteiger partial charge in [-0.05, 0) is 44.2 Å². The number of nitrogens with one attached hydrogen (secondary N) is 3. The molecule has 0 bridgehead atoms. The Bertz CT molecular complexity index is 1290. The third-order valence-corrected chi connectivity index (χ3v) is 6.31. The van der Waals surface area contributed by atoms with Crippen molar-refractivity contribution in [2.45, 2.75) is 32.5 Å². The number of rotatable bonds is 5. The van der Waals surface area contributed by atoms with Gasteiger partial charge in [0, 0.05) is 49.4 Å².